The number of fused-ring (bicyclic) bond motifs is 1. The van der Waals surface area contributed by atoms with E-state index in [-0.39, 0.29) is 30.7 Å². The Balaban J connectivity index is 0.00000140. The summed E-state index contributed by atoms with van der Waals surface area (Å²) >= 11 is 0. The molecule has 1 aliphatic heterocycles. The Kier molecular flexibility index (Phi) is 7.37. The number of benzene rings is 1. The Hall–Kier alpha value is -2.19. The average Bonchev–Trinajstić information content (AvgIpc) is 3.13. The molecule has 150 valence electrons. The number of nitrogens with two attached hydrogens (primary N) is 1. The summed E-state index contributed by atoms with van der Waals surface area (Å²) in [5.41, 5.74) is 7.91. The normalized spacial score (nSPS) is 15.3. The van der Waals surface area contributed by atoms with Crippen molar-refractivity contribution in [2.45, 2.75) is 12.8 Å². The van der Waals surface area contributed by atoms with Gasteiger partial charge in [-0.05, 0) is 31.0 Å². The third kappa shape index (κ3) is 4.28. The van der Waals surface area contributed by atoms with Gasteiger partial charge in [0.25, 0.3) is 0 Å². The number of aromatic nitrogens is 3. The summed E-state index contributed by atoms with van der Waals surface area (Å²) in [7, 11) is 0. The first-order valence-electron chi connectivity index (χ1n) is 8.70. The molecular formula is C19H23Cl2N5O2. The van der Waals surface area contributed by atoms with Crippen LogP contribution in [0.25, 0.3) is 17.0 Å². The van der Waals surface area contributed by atoms with Crippen LogP contribution < -0.4 is 11.1 Å². The quantitative estimate of drug-likeness (QED) is 0.672. The number of carbonyl (C=O) groups is 1. The van der Waals surface area contributed by atoms with Crippen molar-refractivity contribution >= 4 is 42.2 Å². The first-order valence-corrected chi connectivity index (χ1v) is 8.70. The van der Waals surface area contributed by atoms with Crippen molar-refractivity contribution in [3.05, 3.63) is 48.9 Å². The molecule has 1 aliphatic rings. The lowest BCUT2D eigenvalue weighted by Gasteiger charge is -2.34. The van der Waals surface area contributed by atoms with Gasteiger partial charge in [-0.3, -0.25) is 9.20 Å². The van der Waals surface area contributed by atoms with Crippen LogP contribution in [-0.4, -0.2) is 40.0 Å². The van der Waals surface area contributed by atoms with Crippen molar-refractivity contribution in [3.8, 4) is 11.3 Å². The van der Waals surface area contributed by atoms with E-state index in [0.717, 1.165) is 16.9 Å². The van der Waals surface area contributed by atoms with Gasteiger partial charge in [-0.25, -0.2) is 9.97 Å². The minimum Gasteiger partial charge on any atom is -0.381 e. The summed E-state index contributed by atoms with van der Waals surface area (Å²) in [6.45, 7) is 1.48. The second-order valence-electron chi connectivity index (χ2n) is 6.58. The number of rotatable bonds is 4. The van der Waals surface area contributed by atoms with Crippen molar-refractivity contribution in [1.82, 2.24) is 14.4 Å². The number of nitrogens with zero attached hydrogens (tertiary/aromatic N) is 3. The molecule has 1 amide bonds. The van der Waals surface area contributed by atoms with Crippen LogP contribution in [0.15, 0.2) is 48.9 Å². The molecular weight excluding hydrogens is 401 g/mol. The topological polar surface area (TPSA) is 94.5 Å². The second-order valence-corrected chi connectivity index (χ2v) is 6.58. The molecule has 0 radical (unpaired) electrons. The predicted molar refractivity (Wildman–Crippen MR) is 113 cm³/mol. The number of hydrogen-bond acceptors (Lipinski definition) is 5. The van der Waals surface area contributed by atoms with E-state index in [9.17, 15) is 4.79 Å². The fraction of sp³-hybridized carbons (Fsp3) is 0.316. The number of hydrogen-bond donors (Lipinski definition) is 2. The van der Waals surface area contributed by atoms with Crippen LogP contribution in [0.4, 0.5) is 5.69 Å². The van der Waals surface area contributed by atoms with Gasteiger partial charge >= 0.3 is 0 Å². The van der Waals surface area contributed by atoms with E-state index in [2.05, 4.69) is 15.3 Å². The summed E-state index contributed by atoms with van der Waals surface area (Å²) < 4.78 is 7.24. The molecule has 1 saturated heterocycles. The van der Waals surface area contributed by atoms with E-state index in [1.807, 2.05) is 47.1 Å². The molecule has 1 fully saturated rings. The number of nitrogens with one attached hydrogen (secondary N) is 1. The summed E-state index contributed by atoms with van der Waals surface area (Å²) in [6.07, 6.45) is 6.87. The maximum atomic E-state index is 12.7. The van der Waals surface area contributed by atoms with E-state index < -0.39 is 5.41 Å². The van der Waals surface area contributed by atoms with Crippen molar-refractivity contribution in [3.63, 3.8) is 0 Å². The maximum absolute atomic E-state index is 12.7. The van der Waals surface area contributed by atoms with Crippen LogP contribution in [0.1, 0.15) is 12.8 Å². The molecule has 3 aromatic rings. The van der Waals surface area contributed by atoms with Crippen LogP contribution >= 0.6 is 24.8 Å². The Morgan fingerprint density at radius 1 is 1.21 bits per heavy atom. The van der Waals surface area contributed by atoms with Gasteiger partial charge in [0.05, 0.1) is 11.1 Å². The summed E-state index contributed by atoms with van der Waals surface area (Å²) in [6, 6.07) is 9.51. The zero-order chi connectivity index (χ0) is 18.0. The van der Waals surface area contributed by atoms with Gasteiger partial charge < -0.3 is 15.8 Å². The lowest BCUT2D eigenvalue weighted by molar-refractivity contribution is -0.130. The number of imidazole rings is 1. The predicted octanol–water partition coefficient (Wildman–Crippen LogP) is 2.93. The van der Waals surface area contributed by atoms with Crippen molar-refractivity contribution in [2.24, 2.45) is 11.1 Å². The van der Waals surface area contributed by atoms with Gasteiger partial charge in [0.1, 0.15) is 0 Å². The number of halogens is 2. The van der Waals surface area contributed by atoms with E-state index >= 15 is 0 Å². The van der Waals surface area contributed by atoms with Crippen molar-refractivity contribution < 1.29 is 9.53 Å². The lowest BCUT2D eigenvalue weighted by Crippen LogP contribution is -2.46. The summed E-state index contributed by atoms with van der Waals surface area (Å²) in [4.78, 5) is 21.5. The molecule has 0 spiro atoms. The summed E-state index contributed by atoms with van der Waals surface area (Å²) in [5, 5.41) is 3.00. The standard InChI is InChI=1S/C19H21N5O2.2ClH/c20-13-19(6-10-26-11-7-19)17(25)22-15-4-2-14(3-5-15)16-12-24-9-1-8-21-18(24)23-16;;/h1-5,8-9,12H,6-7,10-11,13,20H2,(H,22,25);2*1H. The zero-order valence-electron chi connectivity index (χ0n) is 15.2. The molecule has 1 aromatic carbocycles. The zero-order valence-corrected chi connectivity index (χ0v) is 16.8. The maximum Gasteiger partial charge on any atom is 0.234 e. The molecule has 0 atom stereocenters. The van der Waals surface area contributed by atoms with Crippen LogP contribution in [-0.2, 0) is 9.53 Å². The SMILES string of the molecule is Cl.Cl.NCC1(C(=O)Nc2ccc(-c3cn4cccnc4n3)cc2)CCOCC1. The highest BCUT2D eigenvalue weighted by molar-refractivity contribution is 5.95. The van der Waals surface area contributed by atoms with E-state index in [4.69, 9.17) is 10.5 Å². The number of amides is 1. The molecule has 4 rings (SSSR count). The molecule has 3 N–H and O–H groups in total. The fourth-order valence-corrected chi connectivity index (χ4v) is 3.24. The van der Waals surface area contributed by atoms with Crippen LogP contribution in [0, 0.1) is 5.41 Å². The average molecular weight is 424 g/mol. The molecule has 0 saturated carbocycles. The Morgan fingerprint density at radius 3 is 2.57 bits per heavy atom. The van der Waals surface area contributed by atoms with Gasteiger partial charge in [0, 0.05) is 49.6 Å². The highest BCUT2D eigenvalue weighted by atomic mass is 35.5. The summed E-state index contributed by atoms with van der Waals surface area (Å²) in [5.74, 6) is 0.622. The fourth-order valence-electron chi connectivity index (χ4n) is 3.24. The number of anilines is 1. The first kappa shape index (κ1) is 22.1. The molecule has 0 bridgehead atoms. The second kappa shape index (κ2) is 9.34. The Bertz CT molecular complexity index is 890. The van der Waals surface area contributed by atoms with Gasteiger partial charge in [-0.15, -0.1) is 24.8 Å². The smallest absolute Gasteiger partial charge is 0.234 e. The van der Waals surface area contributed by atoms with Crippen LogP contribution in [0.5, 0.6) is 0 Å². The lowest BCUT2D eigenvalue weighted by atomic mass is 9.79. The molecule has 7 nitrogen and oxygen atoms in total. The van der Waals surface area contributed by atoms with E-state index in [0.29, 0.717) is 38.4 Å². The molecule has 28 heavy (non-hydrogen) atoms. The van der Waals surface area contributed by atoms with E-state index in [1.165, 1.54) is 0 Å². The Labute approximate surface area is 175 Å². The van der Waals surface area contributed by atoms with Crippen LogP contribution in [0.2, 0.25) is 0 Å². The highest BCUT2D eigenvalue weighted by Crippen LogP contribution is 2.31. The molecule has 0 aliphatic carbocycles. The van der Waals surface area contributed by atoms with Gasteiger partial charge in [-0.2, -0.15) is 0 Å². The molecule has 9 heteroatoms. The van der Waals surface area contributed by atoms with Crippen molar-refractivity contribution in [2.75, 3.05) is 25.1 Å². The van der Waals surface area contributed by atoms with Crippen LogP contribution in [0.3, 0.4) is 0 Å². The minimum atomic E-state index is -0.538. The molecule has 3 heterocycles. The first-order chi connectivity index (χ1) is 12.7. The monoisotopic (exact) mass is 423 g/mol. The Morgan fingerprint density at radius 2 is 1.93 bits per heavy atom. The number of ether oxygens (including phenoxy) is 1. The van der Waals surface area contributed by atoms with Gasteiger partial charge in [0.15, 0.2) is 0 Å². The van der Waals surface area contributed by atoms with Gasteiger partial charge in [-0.1, -0.05) is 12.1 Å². The highest BCUT2D eigenvalue weighted by Gasteiger charge is 2.38. The van der Waals surface area contributed by atoms with Crippen molar-refractivity contribution in [1.29, 1.82) is 0 Å². The molecule has 0 unspecified atom stereocenters. The molecule has 2 aromatic heterocycles. The van der Waals surface area contributed by atoms with Gasteiger partial charge in [0.2, 0.25) is 11.7 Å². The number of carbonyl (C=O) groups excluding carboxylic acids is 1. The largest absolute Gasteiger partial charge is 0.381 e. The minimum absolute atomic E-state index is 0. The van der Waals surface area contributed by atoms with E-state index in [1.54, 1.807) is 6.20 Å². The third-order valence-corrected chi connectivity index (χ3v) is 5.00. The third-order valence-electron chi connectivity index (χ3n) is 5.00.